The van der Waals surface area contributed by atoms with Crippen LogP contribution in [0.15, 0.2) is 12.3 Å². The molecule has 0 radical (unpaired) electrons. The van der Waals surface area contributed by atoms with Gasteiger partial charge in [0.05, 0.1) is 0 Å². The van der Waals surface area contributed by atoms with Crippen molar-refractivity contribution in [2.45, 2.75) is 19.4 Å². The van der Waals surface area contributed by atoms with Crippen molar-refractivity contribution in [3.8, 4) is 0 Å². The lowest BCUT2D eigenvalue weighted by Gasteiger charge is -2.01. The van der Waals surface area contributed by atoms with Crippen molar-refractivity contribution in [2.24, 2.45) is 0 Å². The second-order valence-electron chi connectivity index (χ2n) is 3.17. The first-order valence-electron chi connectivity index (χ1n) is 4.80. The molecule has 0 aromatic carbocycles. The second kappa shape index (κ2) is 6.29. The van der Waals surface area contributed by atoms with Gasteiger partial charge < -0.3 is 5.32 Å². The minimum Gasteiger partial charge on any atom is -0.351 e. The SMILES string of the molecule is O=C(Cl)CCCNC(=O)c1ccn(C(F)F)n1. The summed E-state index contributed by atoms with van der Waals surface area (Å²) in [5, 5.41) is 5.34. The first-order valence-corrected chi connectivity index (χ1v) is 5.18. The van der Waals surface area contributed by atoms with Crippen molar-refractivity contribution in [2.75, 3.05) is 6.54 Å². The summed E-state index contributed by atoms with van der Waals surface area (Å²) in [6, 6.07) is 1.19. The highest BCUT2D eigenvalue weighted by molar-refractivity contribution is 6.63. The van der Waals surface area contributed by atoms with Crippen LogP contribution in [-0.2, 0) is 4.79 Å². The molecule has 0 aliphatic carbocycles. The number of amides is 1. The molecule has 0 aliphatic heterocycles. The molecule has 0 bridgehead atoms. The van der Waals surface area contributed by atoms with Crippen LogP contribution >= 0.6 is 11.6 Å². The van der Waals surface area contributed by atoms with Gasteiger partial charge in [-0.2, -0.15) is 13.9 Å². The average molecular weight is 266 g/mol. The number of hydrogen-bond acceptors (Lipinski definition) is 3. The fourth-order valence-electron chi connectivity index (χ4n) is 1.09. The molecule has 0 unspecified atom stereocenters. The fraction of sp³-hybridized carbons (Fsp3) is 0.444. The van der Waals surface area contributed by atoms with Crippen molar-refractivity contribution in [1.82, 2.24) is 15.1 Å². The highest BCUT2D eigenvalue weighted by Crippen LogP contribution is 2.08. The first-order chi connectivity index (χ1) is 8.00. The number of alkyl halides is 2. The summed E-state index contributed by atoms with van der Waals surface area (Å²) in [5.74, 6) is -0.563. The number of rotatable bonds is 6. The lowest BCUT2D eigenvalue weighted by molar-refractivity contribution is -0.111. The lowest BCUT2D eigenvalue weighted by Crippen LogP contribution is -2.25. The van der Waals surface area contributed by atoms with Crippen molar-refractivity contribution >= 4 is 22.8 Å². The van der Waals surface area contributed by atoms with Crippen LogP contribution in [0.2, 0.25) is 0 Å². The van der Waals surface area contributed by atoms with Gasteiger partial charge in [-0.25, -0.2) is 4.68 Å². The number of hydrogen-bond donors (Lipinski definition) is 1. The summed E-state index contributed by atoms with van der Waals surface area (Å²) in [4.78, 5) is 21.8. The predicted molar refractivity (Wildman–Crippen MR) is 55.9 cm³/mol. The van der Waals surface area contributed by atoms with Gasteiger partial charge in [-0.1, -0.05) is 0 Å². The van der Waals surface area contributed by atoms with Gasteiger partial charge in [0, 0.05) is 19.2 Å². The van der Waals surface area contributed by atoms with E-state index in [2.05, 4.69) is 10.4 Å². The quantitative estimate of drug-likeness (QED) is 0.627. The van der Waals surface area contributed by atoms with Crippen LogP contribution in [0, 0.1) is 0 Å². The predicted octanol–water partition coefficient (Wildman–Crippen LogP) is 1.55. The van der Waals surface area contributed by atoms with Crippen LogP contribution in [0.25, 0.3) is 0 Å². The van der Waals surface area contributed by atoms with Crippen LogP contribution in [0.5, 0.6) is 0 Å². The Hall–Kier alpha value is -1.50. The maximum atomic E-state index is 12.2. The van der Waals surface area contributed by atoms with Gasteiger partial charge in [0.15, 0.2) is 0 Å². The summed E-state index contributed by atoms with van der Waals surface area (Å²) in [6.07, 6.45) is 1.55. The maximum absolute atomic E-state index is 12.2. The van der Waals surface area contributed by atoms with E-state index in [0.29, 0.717) is 11.1 Å². The van der Waals surface area contributed by atoms with Gasteiger partial charge in [0.2, 0.25) is 5.24 Å². The third-order valence-electron chi connectivity index (χ3n) is 1.88. The smallest absolute Gasteiger partial charge is 0.333 e. The number of nitrogens with zero attached hydrogens (tertiary/aromatic N) is 2. The van der Waals surface area contributed by atoms with Gasteiger partial charge in [0.1, 0.15) is 5.69 Å². The molecule has 17 heavy (non-hydrogen) atoms. The molecular formula is C9H10ClF2N3O2. The van der Waals surface area contributed by atoms with Crippen molar-refractivity contribution in [3.63, 3.8) is 0 Å². The van der Waals surface area contributed by atoms with Crippen LogP contribution in [-0.4, -0.2) is 27.5 Å². The van der Waals surface area contributed by atoms with Crippen molar-refractivity contribution in [3.05, 3.63) is 18.0 Å². The maximum Gasteiger partial charge on any atom is 0.333 e. The molecule has 0 atom stereocenters. The zero-order chi connectivity index (χ0) is 12.8. The minimum atomic E-state index is -2.77. The van der Waals surface area contributed by atoms with Crippen LogP contribution in [0.1, 0.15) is 29.9 Å². The molecule has 0 aliphatic rings. The van der Waals surface area contributed by atoms with Crippen LogP contribution < -0.4 is 5.32 Å². The molecule has 0 saturated carbocycles. The molecule has 8 heteroatoms. The molecule has 0 spiro atoms. The average Bonchev–Trinajstić information content (AvgIpc) is 2.73. The van der Waals surface area contributed by atoms with Crippen molar-refractivity contribution < 1.29 is 18.4 Å². The zero-order valence-corrected chi connectivity index (χ0v) is 9.45. The highest BCUT2D eigenvalue weighted by Gasteiger charge is 2.12. The molecule has 1 amide bonds. The van der Waals surface area contributed by atoms with E-state index in [9.17, 15) is 18.4 Å². The Morgan fingerprint density at radius 3 is 2.76 bits per heavy atom. The van der Waals surface area contributed by atoms with E-state index in [-0.39, 0.29) is 18.7 Å². The van der Waals surface area contributed by atoms with E-state index in [0.717, 1.165) is 6.20 Å². The summed E-state index contributed by atoms with van der Waals surface area (Å²) < 4.78 is 24.7. The Kier molecular flexibility index (Phi) is 5.02. The first kappa shape index (κ1) is 13.6. The third-order valence-corrected chi connectivity index (χ3v) is 2.07. The molecule has 1 rings (SSSR count). The lowest BCUT2D eigenvalue weighted by atomic mass is 10.3. The number of aromatic nitrogens is 2. The molecule has 1 aromatic rings. The minimum absolute atomic E-state index is 0.0949. The van der Waals surface area contributed by atoms with Gasteiger partial charge >= 0.3 is 6.55 Å². The van der Waals surface area contributed by atoms with Gasteiger partial charge in [0.25, 0.3) is 5.91 Å². The highest BCUT2D eigenvalue weighted by atomic mass is 35.5. The standard InChI is InChI=1S/C9H10ClF2N3O2/c10-7(16)2-1-4-13-8(17)6-3-5-15(14-6)9(11)12/h3,5,9H,1-2,4H2,(H,13,17). The van der Waals surface area contributed by atoms with Gasteiger partial charge in [-0.05, 0) is 24.1 Å². The van der Waals surface area contributed by atoms with E-state index >= 15 is 0 Å². The van der Waals surface area contributed by atoms with E-state index < -0.39 is 17.7 Å². The Bertz CT molecular complexity index is 409. The largest absolute Gasteiger partial charge is 0.351 e. The van der Waals surface area contributed by atoms with E-state index in [1.807, 2.05) is 0 Å². The summed E-state index contributed by atoms with van der Waals surface area (Å²) >= 11 is 5.10. The molecule has 1 aromatic heterocycles. The van der Waals surface area contributed by atoms with E-state index in [4.69, 9.17) is 11.6 Å². The molecule has 5 nitrogen and oxygen atoms in total. The second-order valence-corrected chi connectivity index (χ2v) is 3.59. The summed E-state index contributed by atoms with van der Waals surface area (Å²) in [6.45, 7) is -2.54. The summed E-state index contributed by atoms with van der Waals surface area (Å²) in [7, 11) is 0. The third kappa shape index (κ3) is 4.48. The zero-order valence-electron chi connectivity index (χ0n) is 8.70. The van der Waals surface area contributed by atoms with Gasteiger partial charge in [-0.3, -0.25) is 9.59 Å². The van der Waals surface area contributed by atoms with Crippen LogP contribution in [0.3, 0.4) is 0 Å². The number of carbonyl (C=O) groups is 2. The molecule has 1 heterocycles. The normalized spacial score (nSPS) is 10.6. The molecule has 94 valence electrons. The summed E-state index contributed by atoms with van der Waals surface area (Å²) in [5.41, 5.74) is -0.0949. The Morgan fingerprint density at radius 2 is 2.24 bits per heavy atom. The van der Waals surface area contributed by atoms with E-state index in [1.165, 1.54) is 6.07 Å². The van der Waals surface area contributed by atoms with Crippen molar-refractivity contribution in [1.29, 1.82) is 0 Å². The topological polar surface area (TPSA) is 64.0 Å². The molecule has 1 N–H and O–H groups in total. The molecular weight excluding hydrogens is 256 g/mol. The number of carbonyl (C=O) groups excluding carboxylic acids is 2. The fourth-order valence-corrected chi connectivity index (χ4v) is 1.22. The molecule has 0 saturated heterocycles. The number of nitrogens with one attached hydrogen (secondary N) is 1. The van der Waals surface area contributed by atoms with E-state index in [1.54, 1.807) is 0 Å². The monoisotopic (exact) mass is 265 g/mol. The van der Waals surface area contributed by atoms with Gasteiger partial charge in [-0.15, -0.1) is 0 Å². The Balaban J connectivity index is 2.39. The Morgan fingerprint density at radius 1 is 1.53 bits per heavy atom. The number of halogens is 3. The Labute approximate surface area is 101 Å². The molecule has 0 fully saturated rings. The van der Waals surface area contributed by atoms with Crippen LogP contribution in [0.4, 0.5) is 8.78 Å².